The highest BCUT2D eigenvalue weighted by molar-refractivity contribution is 6.34. The van der Waals surface area contributed by atoms with Gasteiger partial charge in [0.15, 0.2) is 0 Å². The second kappa shape index (κ2) is 4.94. The normalized spacial score (nSPS) is 10.8. The van der Waals surface area contributed by atoms with Crippen LogP contribution in [0.1, 0.15) is 5.56 Å². The van der Waals surface area contributed by atoms with Gasteiger partial charge in [-0.1, -0.05) is 23.7 Å². The molecule has 3 aromatic rings. The third-order valence-electron chi connectivity index (χ3n) is 3.16. The largest absolute Gasteiger partial charge is 0.497 e. The SMILES string of the molecule is COc1ccc(Cn2ccc3c(Cl)nccc32)cc1. The van der Waals surface area contributed by atoms with Gasteiger partial charge < -0.3 is 9.30 Å². The lowest BCUT2D eigenvalue weighted by Crippen LogP contribution is -1.97. The van der Waals surface area contributed by atoms with Crippen molar-refractivity contribution in [2.75, 3.05) is 7.11 Å². The van der Waals surface area contributed by atoms with E-state index >= 15 is 0 Å². The van der Waals surface area contributed by atoms with E-state index in [9.17, 15) is 0 Å². The standard InChI is InChI=1S/C15H13ClN2O/c1-19-12-4-2-11(3-5-12)10-18-9-7-13-14(18)6-8-17-15(13)16/h2-9H,10H2,1H3. The lowest BCUT2D eigenvalue weighted by molar-refractivity contribution is 0.414. The van der Waals surface area contributed by atoms with Crippen LogP contribution in [0.4, 0.5) is 0 Å². The van der Waals surface area contributed by atoms with Crippen LogP contribution in [-0.4, -0.2) is 16.7 Å². The summed E-state index contributed by atoms with van der Waals surface area (Å²) in [5.74, 6) is 0.869. The molecule has 4 heteroatoms. The molecule has 0 aliphatic carbocycles. The zero-order valence-electron chi connectivity index (χ0n) is 10.5. The first-order valence-corrected chi connectivity index (χ1v) is 6.38. The first-order chi connectivity index (χ1) is 9.28. The minimum absolute atomic E-state index is 0.547. The molecule has 0 fully saturated rings. The number of nitrogens with zero attached hydrogens (tertiary/aromatic N) is 2. The number of rotatable bonds is 3. The number of benzene rings is 1. The van der Waals surface area contributed by atoms with Gasteiger partial charge in [0.25, 0.3) is 0 Å². The molecule has 19 heavy (non-hydrogen) atoms. The van der Waals surface area contributed by atoms with Gasteiger partial charge in [0.1, 0.15) is 10.9 Å². The average Bonchev–Trinajstić information content (AvgIpc) is 2.84. The number of aromatic nitrogens is 2. The molecule has 3 rings (SSSR count). The Morgan fingerprint density at radius 2 is 1.95 bits per heavy atom. The topological polar surface area (TPSA) is 27.1 Å². The van der Waals surface area contributed by atoms with Crippen molar-refractivity contribution < 1.29 is 4.74 Å². The van der Waals surface area contributed by atoms with Crippen molar-refractivity contribution >= 4 is 22.5 Å². The van der Waals surface area contributed by atoms with Gasteiger partial charge >= 0.3 is 0 Å². The highest BCUT2D eigenvalue weighted by Gasteiger charge is 2.05. The molecule has 2 aromatic heterocycles. The molecule has 0 aliphatic heterocycles. The van der Waals surface area contributed by atoms with Crippen molar-refractivity contribution in [2.45, 2.75) is 6.54 Å². The predicted molar refractivity (Wildman–Crippen MR) is 76.8 cm³/mol. The zero-order chi connectivity index (χ0) is 13.2. The van der Waals surface area contributed by atoms with Crippen LogP contribution in [0.15, 0.2) is 48.8 Å². The third kappa shape index (κ3) is 2.29. The Kier molecular flexibility index (Phi) is 3.13. The van der Waals surface area contributed by atoms with Gasteiger partial charge in [0, 0.05) is 24.3 Å². The van der Waals surface area contributed by atoms with Crippen LogP contribution in [0, 0.1) is 0 Å². The minimum atomic E-state index is 0.547. The first-order valence-electron chi connectivity index (χ1n) is 6.00. The van der Waals surface area contributed by atoms with Gasteiger partial charge in [-0.15, -0.1) is 0 Å². The fourth-order valence-electron chi connectivity index (χ4n) is 2.15. The number of hydrogen-bond acceptors (Lipinski definition) is 2. The minimum Gasteiger partial charge on any atom is -0.497 e. The summed E-state index contributed by atoms with van der Waals surface area (Å²) in [5.41, 5.74) is 2.31. The molecule has 0 saturated heterocycles. The molecule has 0 bridgehead atoms. The van der Waals surface area contributed by atoms with Crippen molar-refractivity contribution in [1.82, 2.24) is 9.55 Å². The second-order valence-corrected chi connectivity index (χ2v) is 4.68. The smallest absolute Gasteiger partial charge is 0.138 e. The molecule has 0 spiro atoms. The van der Waals surface area contributed by atoms with E-state index < -0.39 is 0 Å². The van der Waals surface area contributed by atoms with Crippen LogP contribution in [-0.2, 0) is 6.54 Å². The lowest BCUT2D eigenvalue weighted by atomic mass is 10.2. The highest BCUT2D eigenvalue weighted by atomic mass is 35.5. The number of ether oxygens (including phenoxy) is 1. The predicted octanol–water partition coefficient (Wildman–Crippen LogP) is 3.75. The van der Waals surface area contributed by atoms with Crippen LogP contribution >= 0.6 is 11.6 Å². The molecule has 0 saturated carbocycles. The Balaban J connectivity index is 1.94. The van der Waals surface area contributed by atoms with E-state index in [1.165, 1.54) is 5.56 Å². The van der Waals surface area contributed by atoms with Crippen LogP contribution in [0.3, 0.4) is 0 Å². The number of pyridine rings is 1. The van der Waals surface area contributed by atoms with Crippen molar-refractivity contribution in [2.24, 2.45) is 0 Å². The fraction of sp³-hybridized carbons (Fsp3) is 0.133. The van der Waals surface area contributed by atoms with Gasteiger partial charge in [-0.2, -0.15) is 0 Å². The Bertz CT molecular complexity index is 704. The average molecular weight is 273 g/mol. The number of methoxy groups -OCH3 is 1. The quantitative estimate of drug-likeness (QED) is 0.679. The van der Waals surface area contributed by atoms with E-state index in [2.05, 4.69) is 21.7 Å². The molecule has 1 aromatic carbocycles. The monoisotopic (exact) mass is 272 g/mol. The Morgan fingerprint density at radius 1 is 1.16 bits per heavy atom. The van der Waals surface area contributed by atoms with E-state index in [0.29, 0.717) is 5.15 Å². The molecule has 0 aliphatic rings. The van der Waals surface area contributed by atoms with Crippen LogP contribution in [0.25, 0.3) is 10.9 Å². The summed E-state index contributed by atoms with van der Waals surface area (Å²) < 4.78 is 7.32. The van der Waals surface area contributed by atoms with Crippen molar-refractivity contribution in [1.29, 1.82) is 0 Å². The summed E-state index contributed by atoms with van der Waals surface area (Å²) in [6, 6.07) is 12.0. The molecule has 0 radical (unpaired) electrons. The van der Waals surface area contributed by atoms with Gasteiger partial charge in [-0.3, -0.25) is 0 Å². The van der Waals surface area contributed by atoms with Crippen molar-refractivity contribution in [3.05, 3.63) is 59.5 Å². The van der Waals surface area contributed by atoms with Crippen molar-refractivity contribution in [3.63, 3.8) is 0 Å². The Hall–Kier alpha value is -2.00. The van der Waals surface area contributed by atoms with Gasteiger partial charge in [0.05, 0.1) is 12.6 Å². The van der Waals surface area contributed by atoms with Crippen LogP contribution in [0.2, 0.25) is 5.15 Å². The van der Waals surface area contributed by atoms with Crippen LogP contribution < -0.4 is 4.74 Å². The lowest BCUT2D eigenvalue weighted by Gasteiger charge is -2.07. The van der Waals surface area contributed by atoms with E-state index in [-0.39, 0.29) is 0 Å². The molecular formula is C15H13ClN2O. The maximum absolute atomic E-state index is 6.07. The Labute approximate surface area is 116 Å². The molecule has 0 amide bonds. The summed E-state index contributed by atoms with van der Waals surface area (Å²) in [6.07, 6.45) is 3.76. The highest BCUT2D eigenvalue weighted by Crippen LogP contribution is 2.23. The fourth-order valence-corrected chi connectivity index (χ4v) is 2.37. The molecule has 0 atom stereocenters. The van der Waals surface area contributed by atoms with Gasteiger partial charge in [-0.25, -0.2) is 4.98 Å². The molecule has 2 heterocycles. The summed E-state index contributed by atoms with van der Waals surface area (Å²) in [4.78, 5) is 4.09. The zero-order valence-corrected chi connectivity index (χ0v) is 11.3. The summed E-state index contributed by atoms with van der Waals surface area (Å²) in [5, 5.41) is 1.53. The molecule has 0 unspecified atom stereocenters. The third-order valence-corrected chi connectivity index (χ3v) is 3.46. The molecule has 3 nitrogen and oxygen atoms in total. The summed E-state index contributed by atoms with van der Waals surface area (Å²) in [6.45, 7) is 0.799. The van der Waals surface area contributed by atoms with Crippen LogP contribution in [0.5, 0.6) is 5.75 Å². The van der Waals surface area contributed by atoms with Crippen molar-refractivity contribution in [3.8, 4) is 5.75 Å². The second-order valence-electron chi connectivity index (χ2n) is 4.33. The first kappa shape index (κ1) is 12.1. The maximum atomic E-state index is 6.07. The Morgan fingerprint density at radius 3 is 2.68 bits per heavy atom. The number of halogens is 1. The summed E-state index contributed by atoms with van der Waals surface area (Å²) >= 11 is 6.07. The van der Waals surface area contributed by atoms with E-state index in [4.69, 9.17) is 16.3 Å². The molecule has 0 N–H and O–H groups in total. The number of fused-ring (bicyclic) bond motifs is 1. The van der Waals surface area contributed by atoms with E-state index in [1.54, 1.807) is 13.3 Å². The van der Waals surface area contributed by atoms with Gasteiger partial charge in [-0.05, 0) is 29.8 Å². The van der Waals surface area contributed by atoms with E-state index in [0.717, 1.165) is 23.2 Å². The maximum Gasteiger partial charge on any atom is 0.138 e. The van der Waals surface area contributed by atoms with Gasteiger partial charge in [0.2, 0.25) is 0 Å². The number of hydrogen-bond donors (Lipinski definition) is 0. The molecule has 96 valence electrons. The van der Waals surface area contributed by atoms with E-state index in [1.807, 2.05) is 30.5 Å². The molecular weight excluding hydrogens is 260 g/mol. The summed E-state index contributed by atoms with van der Waals surface area (Å²) in [7, 11) is 1.67.